The van der Waals surface area contributed by atoms with Gasteiger partial charge in [0.05, 0.1) is 0 Å². The van der Waals surface area contributed by atoms with Gasteiger partial charge in [0.2, 0.25) is 0 Å². The van der Waals surface area contributed by atoms with Crippen LogP contribution in [-0.4, -0.2) is 0 Å². The van der Waals surface area contributed by atoms with Gasteiger partial charge in [-0.2, -0.15) is 0 Å². The molecule has 0 amide bonds. The van der Waals surface area contributed by atoms with Gasteiger partial charge in [0.15, 0.2) is 0 Å². The molecule has 2 N–H and O–H groups in total. The minimum absolute atomic E-state index is 0.815. The minimum atomic E-state index is 0.815. The van der Waals surface area contributed by atoms with Gasteiger partial charge >= 0.3 is 0 Å². The summed E-state index contributed by atoms with van der Waals surface area (Å²) in [7, 11) is 0. The first-order valence-corrected chi connectivity index (χ1v) is 5.75. The lowest BCUT2D eigenvalue weighted by Gasteiger charge is -2.02. The molecule has 0 atom stereocenters. The average Bonchev–Trinajstić information content (AvgIpc) is 2.48. The number of nitrogens with two attached hydrogens (primary N) is 1. The van der Waals surface area contributed by atoms with Crippen molar-refractivity contribution in [3.8, 4) is 0 Å². The molecule has 62 valence electrons. The van der Waals surface area contributed by atoms with Crippen molar-refractivity contribution in [2.24, 2.45) is 0 Å². The van der Waals surface area contributed by atoms with Gasteiger partial charge in [-0.3, -0.25) is 0 Å². The summed E-state index contributed by atoms with van der Waals surface area (Å²) in [6, 6.07) is 4.07. The first kappa shape index (κ1) is 8.65. The Morgan fingerprint density at radius 2 is 2.25 bits per heavy atom. The van der Waals surface area contributed by atoms with Crippen LogP contribution in [0.15, 0.2) is 22.4 Å². The molecule has 0 spiro atoms. The molecular weight excluding hydrogens is 301 g/mol. The molecular formula is C8H6INS2. The zero-order valence-electron chi connectivity index (χ0n) is 6.04. The van der Waals surface area contributed by atoms with Gasteiger partial charge in [-0.15, -0.1) is 24.0 Å². The molecule has 0 saturated heterocycles. The fourth-order valence-electron chi connectivity index (χ4n) is 1.09. The van der Waals surface area contributed by atoms with Crippen molar-refractivity contribution >= 4 is 62.3 Å². The van der Waals surface area contributed by atoms with Crippen LogP contribution in [0.5, 0.6) is 0 Å². The van der Waals surface area contributed by atoms with Crippen LogP contribution in [0, 0.1) is 3.57 Å². The molecule has 4 heteroatoms. The van der Waals surface area contributed by atoms with Gasteiger partial charge in [0, 0.05) is 24.2 Å². The van der Waals surface area contributed by atoms with E-state index in [1.54, 1.807) is 11.3 Å². The summed E-state index contributed by atoms with van der Waals surface area (Å²) >= 11 is 8.33. The van der Waals surface area contributed by atoms with Crippen molar-refractivity contribution < 1.29 is 0 Å². The SMILES string of the molecule is Nc1cc2sccc2c(S)c1I. The Morgan fingerprint density at radius 1 is 1.50 bits per heavy atom. The van der Waals surface area contributed by atoms with Gasteiger partial charge in [-0.25, -0.2) is 0 Å². The lowest BCUT2D eigenvalue weighted by atomic mass is 10.2. The maximum absolute atomic E-state index is 5.80. The lowest BCUT2D eigenvalue weighted by molar-refractivity contribution is 1.51. The largest absolute Gasteiger partial charge is 0.398 e. The summed E-state index contributed by atoms with van der Waals surface area (Å²) in [5, 5.41) is 3.25. The Bertz CT molecular complexity index is 436. The normalized spacial score (nSPS) is 10.8. The number of hydrogen-bond donors (Lipinski definition) is 2. The molecule has 0 fully saturated rings. The van der Waals surface area contributed by atoms with Crippen molar-refractivity contribution in [1.82, 2.24) is 0 Å². The third-order valence-electron chi connectivity index (χ3n) is 1.70. The third kappa shape index (κ3) is 1.22. The number of hydrogen-bond acceptors (Lipinski definition) is 3. The molecule has 1 nitrogen and oxygen atoms in total. The molecule has 0 aliphatic heterocycles. The Kier molecular flexibility index (Phi) is 2.22. The highest BCUT2D eigenvalue weighted by Crippen LogP contribution is 2.34. The van der Waals surface area contributed by atoms with Gasteiger partial charge < -0.3 is 5.73 Å². The molecule has 0 bridgehead atoms. The molecule has 12 heavy (non-hydrogen) atoms. The number of anilines is 1. The second kappa shape index (κ2) is 3.08. The zero-order chi connectivity index (χ0) is 8.72. The molecule has 0 aliphatic rings. The monoisotopic (exact) mass is 307 g/mol. The van der Waals surface area contributed by atoms with E-state index in [2.05, 4.69) is 46.7 Å². The Hall–Kier alpha value is 0.0600. The highest BCUT2D eigenvalue weighted by molar-refractivity contribution is 14.1. The zero-order valence-corrected chi connectivity index (χ0v) is 9.91. The van der Waals surface area contributed by atoms with E-state index < -0.39 is 0 Å². The van der Waals surface area contributed by atoms with E-state index in [0.29, 0.717) is 0 Å². The van der Waals surface area contributed by atoms with E-state index >= 15 is 0 Å². The predicted molar refractivity (Wildman–Crippen MR) is 66.2 cm³/mol. The molecule has 2 aromatic rings. The summed E-state index contributed by atoms with van der Waals surface area (Å²) < 4.78 is 2.25. The third-order valence-corrected chi connectivity index (χ3v) is 4.62. The molecule has 0 unspecified atom stereocenters. The summed E-state index contributed by atoms with van der Waals surface area (Å²) in [6.07, 6.45) is 0. The Balaban J connectivity index is 2.94. The van der Waals surface area contributed by atoms with Gasteiger partial charge in [0.1, 0.15) is 0 Å². The quantitative estimate of drug-likeness (QED) is 0.435. The summed E-state index contributed by atoms with van der Waals surface area (Å²) in [5.41, 5.74) is 6.61. The van der Waals surface area contributed by atoms with E-state index in [4.69, 9.17) is 5.73 Å². The second-order valence-electron chi connectivity index (χ2n) is 2.46. The summed E-state index contributed by atoms with van der Waals surface area (Å²) in [6.45, 7) is 0. The molecule has 0 aliphatic carbocycles. The standard InChI is InChI=1S/C8H6INS2/c9-7-5(10)3-6-4(8(7)11)1-2-12-6/h1-3,11H,10H2. The van der Waals surface area contributed by atoms with E-state index in [1.165, 1.54) is 10.1 Å². The number of thiol groups is 1. The van der Waals surface area contributed by atoms with E-state index in [1.807, 2.05) is 6.07 Å². The van der Waals surface area contributed by atoms with Crippen LogP contribution in [0.25, 0.3) is 10.1 Å². The smallest absolute Gasteiger partial charge is 0.0500 e. The summed E-state index contributed by atoms with van der Waals surface area (Å²) in [5.74, 6) is 0. The average molecular weight is 307 g/mol. The highest BCUT2D eigenvalue weighted by atomic mass is 127. The fourth-order valence-corrected chi connectivity index (χ4v) is 2.78. The van der Waals surface area contributed by atoms with Crippen LogP contribution in [-0.2, 0) is 0 Å². The molecule has 1 heterocycles. The predicted octanol–water partition coefficient (Wildman–Crippen LogP) is 3.38. The first-order chi connectivity index (χ1) is 5.70. The van der Waals surface area contributed by atoms with Crippen molar-refractivity contribution in [2.75, 3.05) is 5.73 Å². The van der Waals surface area contributed by atoms with Crippen LogP contribution < -0.4 is 5.73 Å². The Morgan fingerprint density at radius 3 is 3.00 bits per heavy atom. The molecule has 1 aromatic heterocycles. The van der Waals surface area contributed by atoms with Crippen LogP contribution in [0.3, 0.4) is 0 Å². The van der Waals surface area contributed by atoms with Crippen LogP contribution in [0.2, 0.25) is 0 Å². The van der Waals surface area contributed by atoms with Gasteiger partial charge in [-0.1, -0.05) is 0 Å². The van der Waals surface area contributed by atoms with Crippen molar-refractivity contribution in [3.05, 3.63) is 21.1 Å². The first-order valence-electron chi connectivity index (χ1n) is 3.34. The maximum Gasteiger partial charge on any atom is 0.0500 e. The topological polar surface area (TPSA) is 26.0 Å². The van der Waals surface area contributed by atoms with Gasteiger partial charge in [0.25, 0.3) is 0 Å². The second-order valence-corrected chi connectivity index (χ2v) is 4.93. The Labute approximate surface area is 93.5 Å². The molecule has 1 aromatic carbocycles. The molecule has 2 rings (SSSR count). The number of fused-ring (bicyclic) bond motifs is 1. The van der Waals surface area contributed by atoms with Gasteiger partial charge in [-0.05, 0) is 40.1 Å². The van der Waals surface area contributed by atoms with Crippen molar-refractivity contribution in [1.29, 1.82) is 0 Å². The number of thiophene rings is 1. The fraction of sp³-hybridized carbons (Fsp3) is 0. The van der Waals surface area contributed by atoms with E-state index in [-0.39, 0.29) is 0 Å². The summed E-state index contributed by atoms with van der Waals surface area (Å²) in [4.78, 5) is 0.992. The molecule has 0 saturated carbocycles. The van der Waals surface area contributed by atoms with Crippen LogP contribution in [0.4, 0.5) is 5.69 Å². The number of nitrogen functional groups attached to an aromatic ring is 1. The van der Waals surface area contributed by atoms with E-state index in [0.717, 1.165) is 14.2 Å². The van der Waals surface area contributed by atoms with E-state index in [9.17, 15) is 0 Å². The van der Waals surface area contributed by atoms with Crippen molar-refractivity contribution in [2.45, 2.75) is 4.90 Å². The minimum Gasteiger partial charge on any atom is -0.398 e. The highest BCUT2D eigenvalue weighted by Gasteiger charge is 2.06. The van der Waals surface area contributed by atoms with Crippen LogP contribution in [0.1, 0.15) is 0 Å². The number of benzene rings is 1. The lowest BCUT2D eigenvalue weighted by Crippen LogP contribution is -1.89. The number of halogens is 1. The maximum atomic E-state index is 5.80. The molecule has 0 radical (unpaired) electrons. The number of rotatable bonds is 0. The van der Waals surface area contributed by atoms with Crippen molar-refractivity contribution in [3.63, 3.8) is 0 Å². The van der Waals surface area contributed by atoms with Crippen LogP contribution >= 0.6 is 46.6 Å².